The summed E-state index contributed by atoms with van der Waals surface area (Å²) in [6.07, 6.45) is 5.47. The van der Waals surface area contributed by atoms with E-state index in [1.54, 1.807) is 6.08 Å². The Morgan fingerprint density at radius 1 is 1.18 bits per heavy atom. The summed E-state index contributed by atoms with van der Waals surface area (Å²) >= 11 is 0. The molecular formula is C10H17Li2O4P. The van der Waals surface area contributed by atoms with Crippen LogP contribution in [0.15, 0.2) is 23.3 Å². The van der Waals surface area contributed by atoms with Gasteiger partial charge in [0.15, 0.2) is 0 Å². The van der Waals surface area contributed by atoms with Crippen LogP contribution in [-0.2, 0) is 9.09 Å². The smallest absolute Gasteiger partial charge is 0.790 e. The molecule has 0 amide bonds. The van der Waals surface area contributed by atoms with Crippen LogP contribution in [0.25, 0.3) is 0 Å². The summed E-state index contributed by atoms with van der Waals surface area (Å²) in [7, 11) is -4.82. The SMILES string of the molecule is CC(C)=CCC/C(C)=C\COP(=O)([O-])[O-].[Li+].[Li+]. The Kier molecular flexibility index (Phi) is 16.0. The first-order valence-electron chi connectivity index (χ1n) is 4.77. The van der Waals surface area contributed by atoms with Crippen LogP contribution in [0.2, 0.25) is 0 Å². The van der Waals surface area contributed by atoms with Crippen LogP contribution in [0.4, 0.5) is 0 Å². The van der Waals surface area contributed by atoms with Crippen LogP contribution < -0.4 is 47.5 Å². The minimum Gasteiger partial charge on any atom is -0.790 e. The molecule has 88 valence electrons. The van der Waals surface area contributed by atoms with E-state index in [-0.39, 0.29) is 44.3 Å². The van der Waals surface area contributed by atoms with Crippen molar-refractivity contribution in [2.45, 2.75) is 33.6 Å². The van der Waals surface area contributed by atoms with E-state index in [4.69, 9.17) is 0 Å². The quantitative estimate of drug-likeness (QED) is 0.269. The van der Waals surface area contributed by atoms with E-state index < -0.39 is 7.82 Å². The second kappa shape index (κ2) is 11.9. The molecule has 0 fully saturated rings. The van der Waals surface area contributed by atoms with E-state index in [9.17, 15) is 14.4 Å². The van der Waals surface area contributed by atoms with E-state index in [0.29, 0.717) is 0 Å². The van der Waals surface area contributed by atoms with E-state index in [1.165, 1.54) is 5.57 Å². The van der Waals surface area contributed by atoms with Gasteiger partial charge in [0.05, 0.1) is 14.4 Å². The van der Waals surface area contributed by atoms with E-state index >= 15 is 0 Å². The first kappa shape index (κ1) is 22.9. The van der Waals surface area contributed by atoms with Crippen LogP contribution in [-0.4, -0.2) is 6.61 Å². The number of rotatable bonds is 6. The maximum atomic E-state index is 10.1. The molecule has 0 saturated heterocycles. The van der Waals surface area contributed by atoms with Gasteiger partial charge < -0.3 is 18.9 Å². The summed E-state index contributed by atoms with van der Waals surface area (Å²) in [4.78, 5) is 20.3. The minimum absolute atomic E-state index is 0. The zero-order chi connectivity index (χ0) is 11.9. The molecule has 0 aliphatic heterocycles. The van der Waals surface area contributed by atoms with Crippen molar-refractivity contribution in [2.75, 3.05) is 6.61 Å². The monoisotopic (exact) mass is 246 g/mol. The van der Waals surface area contributed by atoms with Gasteiger partial charge in [0, 0.05) is 0 Å². The number of hydrogen-bond donors (Lipinski definition) is 0. The summed E-state index contributed by atoms with van der Waals surface area (Å²) in [5, 5.41) is 0. The van der Waals surface area contributed by atoms with Gasteiger partial charge in [-0.3, -0.25) is 0 Å². The summed E-state index contributed by atoms with van der Waals surface area (Å²) in [5.41, 5.74) is 2.27. The number of phosphoric acid groups is 1. The Hall–Kier alpha value is 0.785. The molecule has 0 heterocycles. The van der Waals surface area contributed by atoms with E-state index in [1.807, 2.05) is 20.8 Å². The summed E-state index contributed by atoms with van der Waals surface area (Å²) in [6, 6.07) is 0. The topological polar surface area (TPSA) is 72.4 Å². The predicted molar refractivity (Wildman–Crippen MR) is 56.0 cm³/mol. The van der Waals surface area contributed by atoms with Crippen molar-refractivity contribution in [1.82, 2.24) is 0 Å². The van der Waals surface area contributed by atoms with Crippen molar-refractivity contribution in [3.63, 3.8) is 0 Å². The molecule has 0 atom stereocenters. The van der Waals surface area contributed by atoms with Crippen LogP contribution in [0.3, 0.4) is 0 Å². The third-order valence-corrected chi connectivity index (χ3v) is 2.22. The second-order valence-electron chi connectivity index (χ2n) is 3.61. The molecule has 0 aliphatic rings. The standard InChI is InChI=1S/C10H19O4P.2Li/c1-9(2)5-4-6-10(3)7-8-14-15(11,12)13;;/h5,7H,4,6,8H2,1-3H3,(H2,11,12,13);;/q;2*+1/p-2/b10-7-;;. The van der Waals surface area contributed by atoms with Crippen LogP contribution in [0.1, 0.15) is 33.6 Å². The molecule has 0 rings (SSSR count). The Morgan fingerprint density at radius 2 is 1.71 bits per heavy atom. The van der Waals surface area contributed by atoms with Crippen molar-refractivity contribution >= 4 is 7.82 Å². The molecule has 0 radical (unpaired) electrons. The van der Waals surface area contributed by atoms with Gasteiger partial charge in [-0.15, -0.1) is 0 Å². The molecule has 0 aromatic heterocycles. The van der Waals surface area contributed by atoms with Gasteiger partial charge in [-0.05, 0) is 33.6 Å². The van der Waals surface area contributed by atoms with Crippen molar-refractivity contribution < 1.29 is 56.6 Å². The molecule has 0 saturated carbocycles. The third kappa shape index (κ3) is 19.3. The molecule has 0 N–H and O–H groups in total. The molecule has 0 spiro atoms. The first-order valence-corrected chi connectivity index (χ1v) is 6.23. The van der Waals surface area contributed by atoms with Gasteiger partial charge in [0.25, 0.3) is 0 Å². The molecular weight excluding hydrogens is 229 g/mol. The predicted octanol–water partition coefficient (Wildman–Crippen LogP) is -4.47. The van der Waals surface area contributed by atoms with Gasteiger partial charge in [-0.1, -0.05) is 23.3 Å². The normalized spacial score (nSPS) is 11.2. The Morgan fingerprint density at radius 3 is 2.12 bits per heavy atom. The Labute approximate surface area is 127 Å². The van der Waals surface area contributed by atoms with Crippen LogP contribution in [0, 0.1) is 0 Å². The molecule has 4 nitrogen and oxygen atoms in total. The Balaban J connectivity index is -0.000000980. The number of phosphoric ester groups is 1. The van der Waals surface area contributed by atoms with E-state index in [0.717, 1.165) is 18.4 Å². The third-order valence-electron chi connectivity index (χ3n) is 1.76. The van der Waals surface area contributed by atoms with Crippen molar-refractivity contribution in [2.24, 2.45) is 0 Å². The largest absolute Gasteiger partial charge is 1.00 e. The second-order valence-corrected chi connectivity index (χ2v) is 4.77. The zero-order valence-electron chi connectivity index (χ0n) is 11.4. The molecule has 0 aromatic rings. The summed E-state index contributed by atoms with van der Waals surface area (Å²) < 4.78 is 14.2. The van der Waals surface area contributed by atoms with E-state index in [2.05, 4.69) is 10.6 Å². The van der Waals surface area contributed by atoms with Crippen molar-refractivity contribution in [1.29, 1.82) is 0 Å². The molecule has 0 aliphatic carbocycles. The maximum Gasteiger partial charge on any atom is 1.00 e. The summed E-state index contributed by atoms with van der Waals surface area (Å²) in [5.74, 6) is 0. The fraction of sp³-hybridized carbons (Fsp3) is 0.600. The number of allylic oxidation sites excluding steroid dienone is 3. The first-order chi connectivity index (χ1) is 6.81. The van der Waals surface area contributed by atoms with Gasteiger partial charge in [-0.25, -0.2) is 0 Å². The van der Waals surface area contributed by atoms with Gasteiger partial charge in [0.1, 0.15) is 0 Å². The molecule has 7 heteroatoms. The fourth-order valence-corrected chi connectivity index (χ4v) is 1.22. The molecule has 17 heavy (non-hydrogen) atoms. The fourth-order valence-electron chi connectivity index (χ4n) is 0.961. The van der Waals surface area contributed by atoms with Crippen LogP contribution >= 0.6 is 7.82 Å². The Bertz CT molecular complexity index is 293. The van der Waals surface area contributed by atoms with Crippen LogP contribution in [0.5, 0.6) is 0 Å². The van der Waals surface area contributed by atoms with Gasteiger partial charge in [-0.2, -0.15) is 0 Å². The minimum atomic E-state index is -4.82. The van der Waals surface area contributed by atoms with Gasteiger partial charge in [0.2, 0.25) is 0 Å². The van der Waals surface area contributed by atoms with Gasteiger partial charge >= 0.3 is 37.7 Å². The molecule has 0 aromatic carbocycles. The zero-order valence-corrected chi connectivity index (χ0v) is 12.3. The number of hydrogen-bond acceptors (Lipinski definition) is 4. The summed E-state index contributed by atoms with van der Waals surface area (Å²) in [6.45, 7) is 5.76. The van der Waals surface area contributed by atoms with Crippen molar-refractivity contribution in [3.8, 4) is 0 Å². The average Bonchev–Trinajstić information content (AvgIpc) is 2.00. The molecule has 0 unspecified atom stereocenters. The van der Waals surface area contributed by atoms with Crippen molar-refractivity contribution in [3.05, 3.63) is 23.3 Å². The average molecular weight is 246 g/mol. The maximum absolute atomic E-state index is 10.1. The molecule has 0 bridgehead atoms.